The first kappa shape index (κ1) is 19.9. The molecule has 0 bridgehead atoms. The van der Waals surface area contributed by atoms with Crippen LogP contribution in [-0.4, -0.2) is 21.3 Å². The normalized spacial score (nSPS) is 11.9. The van der Waals surface area contributed by atoms with E-state index in [-0.39, 0.29) is 11.5 Å². The third-order valence-electron chi connectivity index (χ3n) is 4.69. The van der Waals surface area contributed by atoms with Crippen LogP contribution in [0.2, 0.25) is 0 Å². The summed E-state index contributed by atoms with van der Waals surface area (Å²) in [6, 6.07) is 14.5. The minimum atomic E-state index is -0.591. The van der Waals surface area contributed by atoms with Crippen LogP contribution in [0.25, 0.3) is 5.69 Å². The molecule has 1 atom stereocenters. The SMILES string of the molecule is Cc1ccc(NC(=O)C(C)Nc2c(C)n(C)n(-c3ccccc3)c2=O)c(Br)c1. The summed E-state index contributed by atoms with van der Waals surface area (Å²) in [7, 11) is 1.82. The molecule has 6 nitrogen and oxygen atoms in total. The first-order valence-electron chi connectivity index (χ1n) is 8.97. The van der Waals surface area contributed by atoms with Crippen molar-refractivity contribution in [1.82, 2.24) is 9.36 Å². The summed E-state index contributed by atoms with van der Waals surface area (Å²) in [5.41, 5.74) is 3.53. The molecular formula is C21H23BrN4O2. The van der Waals surface area contributed by atoms with Crippen molar-refractivity contribution in [2.24, 2.45) is 7.05 Å². The van der Waals surface area contributed by atoms with Crippen LogP contribution < -0.4 is 16.2 Å². The molecular weight excluding hydrogens is 420 g/mol. The van der Waals surface area contributed by atoms with E-state index in [4.69, 9.17) is 0 Å². The molecule has 1 amide bonds. The van der Waals surface area contributed by atoms with Crippen LogP contribution >= 0.6 is 15.9 Å². The van der Waals surface area contributed by atoms with E-state index in [1.54, 1.807) is 16.3 Å². The molecule has 0 spiro atoms. The molecule has 0 aliphatic rings. The zero-order chi connectivity index (χ0) is 20.4. The number of benzene rings is 2. The summed E-state index contributed by atoms with van der Waals surface area (Å²) in [6.45, 7) is 5.57. The predicted molar refractivity (Wildman–Crippen MR) is 116 cm³/mol. The molecule has 7 heteroatoms. The van der Waals surface area contributed by atoms with Crippen molar-refractivity contribution in [1.29, 1.82) is 0 Å². The largest absolute Gasteiger partial charge is 0.368 e. The van der Waals surface area contributed by atoms with Gasteiger partial charge in [-0.05, 0) is 66.5 Å². The maximum atomic E-state index is 13.0. The average Bonchev–Trinajstić information content (AvgIpc) is 2.88. The average molecular weight is 443 g/mol. The highest BCUT2D eigenvalue weighted by Gasteiger charge is 2.21. The van der Waals surface area contributed by atoms with Crippen LogP contribution in [0.3, 0.4) is 0 Å². The zero-order valence-electron chi connectivity index (χ0n) is 16.3. The lowest BCUT2D eigenvalue weighted by Crippen LogP contribution is -2.34. The van der Waals surface area contributed by atoms with Crippen LogP contribution in [0.1, 0.15) is 18.2 Å². The van der Waals surface area contributed by atoms with Crippen LogP contribution in [0, 0.1) is 13.8 Å². The molecule has 3 rings (SSSR count). The Labute approximate surface area is 172 Å². The quantitative estimate of drug-likeness (QED) is 0.627. The van der Waals surface area contributed by atoms with Crippen molar-refractivity contribution in [2.75, 3.05) is 10.6 Å². The Morgan fingerprint density at radius 2 is 1.79 bits per heavy atom. The first-order chi connectivity index (χ1) is 13.3. The maximum Gasteiger partial charge on any atom is 0.295 e. The second kappa shape index (κ2) is 8.06. The summed E-state index contributed by atoms with van der Waals surface area (Å²) >= 11 is 3.46. The van der Waals surface area contributed by atoms with Gasteiger partial charge in [-0.25, -0.2) is 4.68 Å². The topological polar surface area (TPSA) is 68.1 Å². The third-order valence-corrected chi connectivity index (χ3v) is 5.35. The molecule has 1 unspecified atom stereocenters. The van der Waals surface area contributed by atoms with E-state index in [0.717, 1.165) is 21.4 Å². The molecule has 146 valence electrons. The summed E-state index contributed by atoms with van der Waals surface area (Å²) < 4.78 is 4.18. The van der Waals surface area contributed by atoms with Crippen molar-refractivity contribution in [3.8, 4) is 5.69 Å². The Balaban J connectivity index is 1.83. The van der Waals surface area contributed by atoms with Gasteiger partial charge >= 0.3 is 0 Å². The Bertz CT molecular complexity index is 1070. The smallest absolute Gasteiger partial charge is 0.295 e. The fourth-order valence-corrected chi connectivity index (χ4v) is 3.57. The van der Waals surface area contributed by atoms with Gasteiger partial charge in [0.1, 0.15) is 11.7 Å². The van der Waals surface area contributed by atoms with Gasteiger partial charge in [-0.3, -0.25) is 14.3 Å². The monoisotopic (exact) mass is 442 g/mol. The third kappa shape index (κ3) is 3.89. The van der Waals surface area contributed by atoms with Crippen LogP contribution in [0.5, 0.6) is 0 Å². The van der Waals surface area contributed by atoms with Gasteiger partial charge in [0, 0.05) is 11.5 Å². The van der Waals surface area contributed by atoms with Crippen molar-refractivity contribution in [2.45, 2.75) is 26.8 Å². The minimum absolute atomic E-state index is 0.192. The van der Waals surface area contributed by atoms with Crippen molar-refractivity contribution in [3.05, 3.63) is 74.6 Å². The molecule has 0 aliphatic carbocycles. The molecule has 1 aromatic heterocycles. The molecule has 2 N–H and O–H groups in total. The van der Waals surface area contributed by atoms with Crippen molar-refractivity contribution >= 4 is 33.2 Å². The summed E-state index contributed by atoms with van der Waals surface area (Å²) in [4.78, 5) is 25.6. The maximum absolute atomic E-state index is 13.0. The Morgan fingerprint density at radius 1 is 1.11 bits per heavy atom. The number of para-hydroxylation sites is 1. The fraction of sp³-hybridized carbons (Fsp3) is 0.238. The Hall–Kier alpha value is -2.80. The number of halogens is 1. The molecule has 0 saturated carbocycles. The van der Waals surface area contributed by atoms with Gasteiger partial charge in [-0.2, -0.15) is 0 Å². The number of rotatable bonds is 5. The molecule has 28 heavy (non-hydrogen) atoms. The van der Waals surface area contributed by atoms with Crippen molar-refractivity contribution in [3.63, 3.8) is 0 Å². The molecule has 0 saturated heterocycles. The van der Waals surface area contributed by atoms with Crippen LogP contribution in [-0.2, 0) is 11.8 Å². The number of hydrogen-bond donors (Lipinski definition) is 2. The van der Waals surface area contributed by atoms with E-state index < -0.39 is 6.04 Å². The van der Waals surface area contributed by atoms with E-state index in [0.29, 0.717) is 11.4 Å². The first-order valence-corrected chi connectivity index (χ1v) is 9.76. The molecule has 0 fully saturated rings. The molecule has 3 aromatic rings. The highest BCUT2D eigenvalue weighted by atomic mass is 79.9. The molecule has 0 radical (unpaired) electrons. The van der Waals surface area contributed by atoms with Gasteiger partial charge in [-0.1, -0.05) is 24.3 Å². The van der Waals surface area contributed by atoms with Crippen LogP contribution in [0.4, 0.5) is 11.4 Å². The van der Waals surface area contributed by atoms with E-state index >= 15 is 0 Å². The minimum Gasteiger partial charge on any atom is -0.368 e. The molecule has 2 aromatic carbocycles. The number of anilines is 2. The predicted octanol–water partition coefficient (Wildman–Crippen LogP) is 3.99. The molecule has 1 heterocycles. The number of amides is 1. The van der Waals surface area contributed by atoms with Gasteiger partial charge in [0.15, 0.2) is 0 Å². The zero-order valence-corrected chi connectivity index (χ0v) is 17.9. The van der Waals surface area contributed by atoms with Gasteiger partial charge < -0.3 is 10.6 Å². The second-order valence-electron chi connectivity index (χ2n) is 6.78. The fourth-order valence-electron chi connectivity index (χ4n) is 2.98. The van der Waals surface area contributed by atoms with Gasteiger partial charge in [0.05, 0.1) is 17.1 Å². The van der Waals surface area contributed by atoms with E-state index in [2.05, 4.69) is 26.6 Å². The number of hydrogen-bond acceptors (Lipinski definition) is 3. The Kier molecular flexibility index (Phi) is 5.74. The number of nitrogens with zero attached hydrogens (tertiary/aromatic N) is 2. The number of nitrogens with one attached hydrogen (secondary N) is 2. The van der Waals surface area contributed by atoms with E-state index in [9.17, 15) is 9.59 Å². The van der Waals surface area contributed by atoms with Crippen LogP contribution in [0.15, 0.2) is 57.8 Å². The van der Waals surface area contributed by atoms with Gasteiger partial charge in [0.2, 0.25) is 5.91 Å². The van der Waals surface area contributed by atoms with E-state index in [1.165, 1.54) is 0 Å². The number of carbonyl (C=O) groups is 1. The lowest BCUT2D eigenvalue weighted by atomic mass is 10.2. The number of aromatic nitrogens is 2. The summed E-state index contributed by atoms with van der Waals surface area (Å²) in [6.07, 6.45) is 0. The highest BCUT2D eigenvalue weighted by molar-refractivity contribution is 9.10. The summed E-state index contributed by atoms with van der Waals surface area (Å²) in [5, 5.41) is 5.96. The standard InChI is InChI=1S/C21H23BrN4O2/c1-13-10-11-18(17(22)12-13)24-20(27)14(2)23-19-15(3)25(4)26(21(19)28)16-8-6-5-7-9-16/h5-12,14,23H,1-4H3,(H,24,27). The highest BCUT2D eigenvalue weighted by Crippen LogP contribution is 2.24. The lowest BCUT2D eigenvalue weighted by molar-refractivity contribution is -0.116. The molecule has 0 aliphatic heterocycles. The second-order valence-corrected chi connectivity index (χ2v) is 7.63. The Morgan fingerprint density at radius 3 is 2.43 bits per heavy atom. The van der Waals surface area contributed by atoms with Gasteiger partial charge in [0.25, 0.3) is 5.56 Å². The lowest BCUT2D eigenvalue weighted by Gasteiger charge is -2.15. The number of aryl methyl sites for hydroxylation is 1. The van der Waals surface area contributed by atoms with E-state index in [1.807, 2.05) is 69.4 Å². The van der Waals surface area contributed by atoms with Gasteiger partial charge in [-0.15, -0.1) is 0 Å². The number of carbonyl (C=O) groups excluding carboxylic acids is 1. The van der Waals surface area contributed by atoms with Crippen molar-refractivity contribution < 1.29 is 4.79 Å². The summed E-state index contributed by atoms with van der Waals surface area (Å²) in [5.74, 6) is -0.224.